The van der Waals surface area contributed by atoms with Gasteiger partial charge in [-0.2, -0.15) is 9.97 Å². The molecule has 3 aromatic heterocycles. The molecular weight excluding hydrogens is 509 g/mol. The summed E-state index contributed by atoms with van der Waals surface area (Å²) in [4.78, 5) is 18.2. The zero-order valence-electron chi connectivity index (χ0n) is 21.1. The Morgan fingerprint density at radius 3 is 2.74 bits per heavy atom. The summed E-state index contributed by atoms with van der Waals surface area (Å²) in [6.45, 7) is 3.05. The van der Waals surface area contributed by atoms with Crippen LogP contribution in [-0.2, 0) is 0 Å². The third-order valence-electron chi connectivity index (χ3n) is 8.14. The van der Waals surface area contributed by atoms with Crippen LogP contribution in [0.3, 0.4) is 0 Å². The lowest BCUT2D eigenvalue weighted by molar-refractivity contribution is 0.188. The Kier molecular flexibility index (Phi) is 5.79. The van der Waals surface area contributed by atoms with Crippen LogP contribution < -0.4 is 20.7 Å². The second kappa shape index (κ2) is 9.21. The third kappa shape index (κ3) is 4.02. The molecule has 0 aliphatic carbocycles. The van der Waals surface area contributed by atoms with Gasteiger partial charge in [0, 0.05) is 42.2 Å². The predicted octanol–water partition coefficient (Wildman–Crippen LogP) is 4.23. The average Bonchev–Trinajstić information content (AvgIpc) is 3.60. The average molecular weight is 538 g/mol. The third-order valence-corrected chi connectivity index (χ3v) is 8.44. The summed E-state index contributed by atoms with van der Waals surface area (Å²) < 4.78 is 28.2. The van der Waals surface area contributed by atoms with Crippen molar-refractivity contribution in [3.05, 3.63) is 35.3 Å². The van der Waals surface area contributed by atoms with Crippen LogP contribution in [0, 0.1) is 5.82 Å². The number of nitrogen functional groups attached to an aromatic ring is 1. The Hall–Kier alpha value is -3.21. The van der Waals surface area contributed by atoms with Gasteiger partial charge in [0.25, 0.3) is 0 Å². The summed E-state index contributed by atoms with van der Waals surface area (Å²) >= 11 is 6.76. The van der Waals surface area contributed by atoms with Crippen molar-refractivity contribution in [1.29, 1.82) is 0 Å². The van der Waals surface area contributed by atoms with Gasteiger partial charge in [-0.1, -0.05) is 11.6 Å². The van der Waals surface area contributed by atoms with Gasteiger partial charge >= 0.3 is 6.01 Å². The van der Waals surface area contributed by atoms with Crippen LogP contribution in [0.25, 0.3) is 33.1 Å². The lowest BCUT2D eigenvalue weighted by Crippen LogP contribution is -2.51. The summed E-state index contributed by atoms with van der Waals surface area (Å²) in [6, 6.07) is 6.30. The maximum absolute atomic E-state index is 16.4. The molecule has 198 valence electrons. The summed E-state index contributed by atoms with van der Waals surface area (Å²) in [5, 5.41) is 4.43. The summed E-state index contributed by atoms with van der Waals surface area (Å²) in [7, 11) is 2.09. The number of furan rings is 1. The van der Waals surface area contributed by atoms with Crippen molar-refractivity contribution in [3.8, 4) is 17.1 Å². The first-order valence-corrected chi connectivity index (χ1v) is 13.5. The Labute approximate surface area is 224 Å². The second-order valence-corrected chi connectivity index (χ2v) is 11.0. The van der Waals surface area contributed by atoms with Crippen molar-refractivity contribution >= 4 is 45.2 Å². The van der Waals surface area contributed by atoms with E-state index >= 15 is 4.39 Å². The van der Waals surface area contributed by atoms with E-state index in [0.717, 1.165) is 45.3 Å². The van der Waals surface area contributed by atoms with Gasteiger partial charge in [-0.25, -0.2) is 9.37 Å². The molecule has 3 fully saturated rings. The van der Waals surface area contributed by atoms with Gasteiger partial charge in [0.2, 0.25) is 0 Å². The number of aromatic nitrogens is 3. The molecule has 3 saturated heterocycles. The molecule has 0 radical (unpaired) electrons. The largest absolute Gasteiger partial charge is 0.462 e. The molecule has 2 unspecified atom stereocenters. The lowest BCUT2D eigenvalue weighted by atomic mass is 10.0. The molecule has 3 atom stereocenters. The standard InChI is InChI=1S/C27H29ClFN7O2/c1-35-8-2-3-16(35)12-38-27-33-25-17(26(34-27)36-10-14-4-5-15(11-36)31-14)9-19(28)22(23(25)29)18-13-37-20-6-7-21(30)32-24(18)20/h6-7,9,13-16,31H,2-5,8,10-12H2,1H3,(H2,30,32)/t14?,15?,16-/m0/s1. The monoisotopic (exact) mass is 537 g/mol. The predicted molar refractivity (Wildman–Crippen MR) is 145 cm³/mol. The van der Waals surface area contributed by atoms with Crippen LogP contribution in [0.4, 0.5) is 16.0 Å². The molecule has 4 aromatic rings. The Bertz CT molecular complexity index is 1530. The molecule has 2 bridgehead atoms. The normalized spacial score (nSPS) is 23.7. The number of hydrogen-bond acceptors (Lipinski definition) is 9. The first kappa shape index (κ1) is 23.9. The highest BCUT2D eigenvalue weighted by Crippen LogP contribution is 2.42. The minimum absolute atomic E-state index is 0.160. The quantitative estimate of drug-likeness (QED) is 0.387. The highest BCUT2D eigenvalue weighted by molar-refractivity contribution is 6.34. The fourth-order valence-electron chi connectivity index (χ4n) is 6.15. The number of nitrogens with one attached hydrogen (secondary N) is 1. The summed E-state index contributed by atoms with van der Waals surface area (Å²) in [5.74, 6) is 0.391. The number of hydrogen-bond donors (Lipinski definition) is 2. The molecule has 6 heterocycles. The molecule has 3 N–H and O–H groups in total. The molecule has 38 heavy (non-hydrogen) atoms. The maximum atomic E-state index is 16.4. The number of nitrogens with two attached hydrogens (primary N) is 1. The maximum Gasteiger partial charge on any atom is 0.319 e. The number of piperazine rings is 1. The molecule has 0 saturated carbocycles. The van der Waals surface area contributed by atoms with E-state index in [1.165, 1.54) is 6.26 Å². The summed E-state index contributed by atoms with van der Waals surface area (Å²) in [6.07, 6.45) is 5.87. The minimum atomic E-state index is -0.566. The van der Waals surface area contributed by atoms with Crippen molar-refractivity contribution in [2.75, 3.05) is 43.9 Å². The summed E-state index contributed by atoms with van der Waals surface area (Å²) in [5.41, 5.74) is 7.60. The van der Waals surface area contributed by atoms with Crippen LogP contribution in [0.5, 0.6) is 6.01 Å². The number of pyridine rings is 1. The SMILES string of the molecule is CN1CCC[C@H]1COc1nc(N2CC3CCC(C2)N3)c2cc(Cl)c(-c3coc4ccc(N)nc34)c(F)c2n1. The number of likely N-dealkylation sites (tertiary alicyclic amines) is 1. The van der Waals surface area contributed by atoms with E-state index in [1.807, 2.05) is 0 Å². The van der Waals surface area contributed by atoms with Gasteiger partial charge in [-0.05, 0) is 57.5 Å². The van der Waals surface area contributed by atoms with E-state index in [9.17, 15) is 0 Å². The number of likely N-dealkylation sites (N-methyl/N-ethyl adjacent to an activating group) is 1. The first-order valence-electron chi connectivity index (χ1n) is 13.1. The minimum Gasteiger partial charge on any atom is -0.462 e. The van der Waals surface area contributed by atoms with Crippen molar-refractivity contribution in [1.82, 2.24) is 25.2 Å². The van der Waals surface area contributed by atoms with E-state index in [0.29, 0.717) is 52.4 Å². The molecule has 9 nitrogen and oxygen atoms in total. The number of benzene rings is 1. The van der Waals surface area contributed by atoms with Crippen LogP contribution in [-0.4, -0.2) is 71.3 Å². The van der Waals surface area contributed by atoms with Gasteiger partial charge < -0.3 is 30.0 Å². The van der Waals surface area contributed by atoms with Crippen LogP contribution >= 0.6 is 11.6 Å². The highest BCUT2D eigenvalue weighted by Gasteiger charge is 2.34. The topological polar surface area (TPSA) is 106 Å². The molecule has 0 spiro atoms. The molecule has 7 rings (SSSR count). The zero-order valence-corrected chi connectivity index (χ0v) is 21.8. The molecule has 3 aliphatic heterocycles. The number of fused-ring (bicyclic) bond motifs is 4. The van der Waals surface area contributed by atoms with Gasteiger partial charge in [-0.15, -0.1) is 0 Å². The van der Waals surface area contributed by atoms with E-state index in [4.69, 9.17) is 31.5 Å². The molecule has 11 heteroatoms. The lowest BCUT2D eigenvalue weighted by Gasteiger charge is -2.34. The van der Waals surface area contributed by atoms with Crippen molar-refractivity contribution in [2.45, 2.75) is 43.8 Å². The van der Waals surface area contributed by atoms with Crippen molar-refractivity contribution < 1.29 is 13.5 Å². The fourth-order valence-corrected chi connectivity index (χ4v) is 6.44. The number of rotatable bonds is 5. The number of anilines is 2. The zero-order chi connectivity index (χ0) is 26.0. The smallest absolute Gasteiger partial charge is 0.319 e. The Morgan fingerprint density at radius 2 is 1.97 bits per heavy atom. The number of nitrogens with zero attached hydrogens (tertiary/aromatic N) is 5. The molecule has 0 amide bonds. The first-order chi connectivity index (χ1) is 18.4. The van der Waals surface area contributed by atoms with E-state index in [2.05, 4.69) is 32.1 Å². The van der Waals surface area contributed by atoms with E-state index < -0.39 is 5.82 Å². The van der Waals surface area contributed by atoms with Crippen molar-refractivity contribution in [2.24, 2.45) is 0 Å². The van der Waals surface area contributed by atoms with Crippen LogP contribution in [0.15, 0.2) is 28.9 Å². The number of halogens is 2. The molecule has 1 aromatic carbocycles. The van der Waals surface area contributed by atoms with E-state index in [1.54, 1.807) is 18.2 Å². The Morgan fingerprint density at radius 1 is 1.16 bits per heavy atom. The van der Waals surface area contributed by atoms with Crippen molar-refractivity contribution in [3.63, 3.8) is 0 Å². The number of ether oxygens (including phenoxy) is 1. The van der Waals surface area contributed by atoms with E-state index in [-0.39, 0.29) is 28.2 Å². The fraction of sp³-hybridized carbons (Fsp3) is 0.444. The second-order valence-electron chi connectivity index (χ2n) is 10.6. The van der Waals surface area contributed by atoms with Gasteiger partial charge in [0.05, 0.1) is 10.6 Å². The van der Waals surface area contributed by atoms with Gasteiger partial charge in [0.15, 0.2) is 11.4 Å². The highest BCUT2D eigenvalue weighted by atomic mass is 35.5. The van der Waals surface area contributed by atoms with Gasteiger partial charge in [0.1, 0.15) is 35.5 Å². The van der Waals surface area contributed by atoms with Crippen LogP contribution in [0.2, 0.25) is 5.02 Å². The van der Waals surface area contributed by atoms with Gasteiger partial charge in [-0.3, -0.25) is 0 Å². The van der Waals surface area contributed by atoms with Crippen LogP contribution in [0.1, 0.15) is 25.7 Å². The molecular formula is C27H29ClFN7O2. The Balaban J connectivity index is 1.37. The molecule has 3 aliphatic rings.